The van der Waals surface area contributed by atoms with Crippen molar-refractivity contribution in [3.05, 3.63) is 41.5 Å². The lowest BCUT2D eigenvalue weighted by Gasteiger charge is -2.37. The smallest absolute Gasteiger partial charge is 0.416 e. The molecule has 1 atom stereocenters. The average Bonchev–Trinajstić information content (AvgIpc) is 2.66. The van der Waals surface area contributed by atoms with Crippen molar-refractivity contribution in [2.75, 3.05) is 33.3 Å². The third-order valence-corrected chi connectivity index (χ3v) is 5.06. The van der Waals surface area contributed by atoms with Crippen LogP contribution in [0.25, 0.3) is 0 Å². The fourth-order valence-corrected chi connectivity index (χ4v) is 3.67. The number of piperazine rings is 1. The summed E-state index contributed by atoms with van der Waals surface area (Å²) in [7, 11) is 1.10. The van der Waals surface area contributed by atoms with Gasteiger partial charge in [0.25, 0.3) is 0 Å². The number of methoxy groups -OCH3 is 1. The molecule has 0 radical (unpaired) electrons. The van der Waals surface area contributed by atoms with Gasteiger partial charge in [-0.3, -0.25) is 4.90 Å². The van der Waals surface area contributed by atoms with E-state index in [0.29, 0.717) is 45.1 Å². The number of hydrogen-bond donors (Lipinski definition) is 1. The maximum Gasteiger partial charge on any atom is 0.416 e. The molecule has 3 nitrogen and oxygen atoms in total. The Morgan fingerprint density at radius 3 is 2.28 bits per heavy atom. The van der Waals surface area contributed by atoms with E-state index in [1.165, 1.54) is 0 Å². The summed E-state index contributed by atoms with van der Waals surface area (Å²) >= 11 is 0. The van der Waals surface area contributed by atoms with Crippen molar-refractivity contribution in [1.82, 2.24) is 10.2 Å². The summed E-state index contributed by atoms with van der Waals surface area (Å²) in [5, 5.41) is 3.14. The molecule has 0 unspecified atom stereocenters. The lowest BCUT2D eigenvalue weighted by Crippen LogP contribution is -2.45. The number of allylic oxidation sites excluding steroid dienone is 1. The standard InChI is InChI=1S/C20H26F6N2O/c1-3-4-5-6-7-16(28-10-8-27-9-11-28)18-15(20(24,25)26)12-14(19(21,22)23)13-17(18)29-2/h3,12-13,16,27H,1,4-11H2,2H3/t16-/m1/s1. The zero-order valence-corrected chi connectivity index (χ0v) is 16.3. The molecular weight excluding hydrogens is 398 g/mol. The van der Waals surface area contributed by atoms with Crippen LogP contribution in [-0.2, 0) is 12.4 Å². The average molecular weight is 424 g/mol. The van der Waals surface area contributed by atoms with Gasteiger partial charge < -0.3 is 10.1 Å². The molecule has 1 saturated heterocycles. The van der Waals surface area contributed by atoms with Crippen molar-refractivity contribution >= 4 is 0 Å². The molecule has 9 heteroatoms. The molecule has 1 aliphatic heterocycles. The first kappa shape index (κ1) is 23.5. The lowest BCUT2D eigenvalue weighted by atomic mass is 9.91. The van der Waals surface area contributed by atoms with Crippen LogP contribution in [0.4, 0.5) is 26.3 Å². The molecule has 0 aromatic heterocycles. The third kappa shape index (κ3) is 6.12. The van der Waals surface area contributed by atoms with Crippen molar-refractivity contribution in [2.45, 2.75) is 44.1 Å². The number of hydrogen-bond acceptors (Lipinski definition) is 3. The van der Waals surface area contributed by atoms with Crippen LogP contribution >= 0.6 is 0 Å². The monoisotopic (exact) mass is 424 g/mol. The molecule has 1 aliphatic rings. The summed E-state index contributed by atoms with van der Waals surface area (Å²) in [4.78, 5) is 1.89. The molecule has 164 valence electrons. The summed E-state index contributed by atoms with van der Waals surface area (Å²) in [6, 6.07) is 0.191. The van der Waals surface area contributed by atoms with E-state index < -0.39 is 29.5 Å². The third-order valence-electron chi connectivity index (χ3n) is 5.06. The zero-order chi connectivity index (χ0) is 21.7. The molecule has 1 aromatic rings. The fourth-order valence-electron chi connectivity index (χ4n) is 3.67. The summed E-state index contributed by atoms with van der Waals surface area (Å²) in [6.45, 7) is 5.86. The second kappa shape index (κ2) is 9.84. The van der Waals surface area contributed by atoms with Crippen LogP contribution in [0.1, 0.15) is 48.4 Å². The highest BCUT2D eigenvalue weighted by Gasteiger charge is 2.42. The van der Waals surface area contributed by atoms with E-state index in [1.54, 1.807) is 6.08 Å². The summed E-state index contributed by atoms with van der Waals surface area (Å²) in [5.74, 6) is -0.376. The summed E-state index contributed by atoms with van der Waals surface area (Å²) < 4.78 is 86.2. The van der Waals surface area contributed by atoms with E-state index >= 15 is 0 Å². The number of benzene rings is 1. The first-order chi connectivity index (χ1) is 13.6. The number of halogens is 6. The van der Waals surface area contributed by atoms with Crippen molar-refractivity contribution in [1.29, 1.82) is 0 Å². The Kier molecular flexibility index (Phi) is 7.99. The van der Waals surface area contributed by atoms with E-state index in [9.17, 15) is 26.3 Å². The molecule has 0 saturated carbocycles. The Morgan fingerprint density at radius 1 is 1.10 bits per heavy atom. The molecule has 0 aliphatic carbocycles. The Labute approximate surface area is 166 Å². The van der Waals surface area contributed by atoms with E-state index in [1.807, 2.05) is 4.90 Å². The van der Waals surface area contributed by atoms with Gasteiger partial charge in [0.05, 0.1) is 18.2 Å². The lowest BCUT2D eigenvalue weighted by molar-refractivity contribution is -0.144. The van der Waals surface area contributed by atoms with Crippen molar-refractivity contribution < 1.29 is 31.1 Å². The molecule has 1 heterocycles. The minimum atomic E-state index is -4.93. The van der Waals surface area contributed by atoms with Gasteiger partial charge in [-0.2, -0.15) is 26.3 Å². The van der Waals surface area contributed by atoms with Crippen molar-refractivity contribution in [3.8, 4) is 5.75 Å². The fraction of sp³-hybridized carbons (Fsp3) is 0.600. The van der Waals surface area contributed by atoms with Crippen molar-refractivity contribution in [2.24, 2.45) is 0 Å². The highest BCUT2D eigenvalue weighted by molar-refractivity contribution is 5.48. The van der Waals surface area contributed by atoms with Crippen LogP contribution in [0.2, 0.25) is 0 Å². The minimum absolute atomic E-state index is 0.205. The number of ether oxygens (including phenoxy) is 1. The van der Waals surface area contributed by atoms with Crippen LogP contribution in [0, 0.1) is 0 Å². The summed E-state index contributed by atoms with van der Waals surface area (Å²) in [5.41, 5.74) is -2.86. The van der Waals surface area contributed by atoms with E-state index in [4.69, 9.17) is 4.74 Å². The highest BCUT2D eigenvalue weighted by atomic mass is 19.4. The largest absolute Gasteiger partial charge is 0.496 e. The number of unbranched alkanes of at least 4 members (excludes halogenated alkanes) is 2. The van der Waals surface area contributed by atoms with Crippen molar-refractivity contribution in [3.63, 3.8) is 0 Å². The molecule has 1 N–H and O–H groups in total. The number of alkyl halides is 6. The molecule has 1 fully saturated rings. The minimum Gasteiger partial charge on any atom is -0.496 e. The molecule has 1 aromatic carbocycles. The SMILES string of the molecule is C=CCCCC[C@H](c1c(OC)cc(C(F)(F)F)cc1C(F)(F)F)N1CCNCC1. The number of rotatable bonds is 8. The van der Waals surface area contributed by atoms with E-state index in [2.05, 4.69) is 11.9 Å². The Morgan fingerprint density at radius 2 is 1.76 bits per heavy atom. The van der Waals surface area contributed by atoms with Gasteiger partial charge in [0, 0.05) is 37.8 Å². The maximum absolute atomic E-state index is 13.8. The van der Waals surface area contributed by atoms with E-state index in [0.717, 1.165) is 20.0 Å². The Hall–Kier alpha value is -1.74. The van der Waals surface area contributed by atoms with Crippen LogP contribution < -0.4 is 10.1 Å². The molecule has 0 spiro atoms. The predicted molar refractivity (Wildman–Crippen MR) is 98.8 cm³/mol. The van der Waals surface area contributed by atoms with Gasteiger partial charge in [0.1, 0.15) is 5.75 Å². The van der Waals surface area contributed by atoms with Gasteiger partial charge in [-0.1, -0.05) is 12.5 Å². The van der Waals surface area contributed by atoms with Gasteiger partial charge in [-0.25, -0.2) is 0 Å². The second-order valence-corrected chi connectivity index (χ2v) is 7.01. The number of nitrogens with zero attached hydrogens (tertiary/aromatic N) is 1. The second-order valence-electron chi connectivity index (χ2n) is 7.01. The van der Waals surface area contributed by atoms with Crippen LogP contribution in [0.3, 0.4) is 0 Å². The highest BCUT2D eigenvalue weighted by Crippen LogP contribution is 2.46. The van der Waals surface area contributed by atoms with Gasteiger partial charge in [-0.05, 0) is 31.4 Å². The van der Waals surface area contributed by atoms with Gasteiger partial charge in [-0.15, -0.1) is 6.58 Å². The molecule has 29 heavy (non-hydrogen) atoms. The van der Waals surface area contributed by atoms with Crippen LogP contribution in [0.15, 0.2) is 24.8 Å². The Bertz CT molecular complexity index is 681. The normalized spacial score (nSPS) is 17.2. The summed E-state index contributed by atoms with van der Waals surface area (Å²) in [6.07, 6.45) is -5.61. The first-order valence-corrected chi connectivity index (χ1v) is 9.51. The maximum atomic E-state index is 13.8. The predicted octanol–water partition coefficient (Wildman–Crippen LogP) is 5.43. The first-order valence-electron chi connectivity index (χ1n) is 9.51. The van der Waals surface area contributed by atoms with Gasteiger partial charge in [0.15, 0.2) is 0 Å². The molecule has 0 bridgehead atoms. The number of nitrogens with one attached hydrogen (secondary N) is 1. The topological polar surface area (TPSA) is 24.5 Å². The molecular formula is C20H26F6N2O. The zero-order valence-electron chi connectivity index (χ0n) is 16.3. The molecule has 2 rings (SSSR count). The van der Waals surface area contributed by atoms with Crippen LogP contribution in [0.5, 0.6) is 5.75 Å². The Balaban J connectivity index is 2.57. The van der Waals surface area contributed by atoms with E-state index in [-0.39, 0.29) is 17.4 Å². The quantitative estimate of drug-likeness (QED) is 0.342. The molecule has 0 amide bonds. The van der Waals surface area contributed by atoms with Crippen LogP contribution in [-0.4, -0.2) is 38.2 Å². The van der Waals surface area contributed by atoms with Gasteiger partial charge >= 0.3 is 12.4 Å². The van der Waals surface area contributed by atoms with Gasteiger partial charge in [0.2, 0.25) is 0 Å².